The summed E-state index contributed by atoms with van der Waals surface area (Å²) in [5, 5.41) is 16.8. The van der Waals surface area contributed by atoms with Crippen LogP contribution in [-0.4, -0.2) is 43.0 Å². The quantitative estimate of drug-likeness (QED) is 0.286. The first-order chi connectivity index (χ1) is 13.1. The second kappa shape index (κ2) is 10.5. The molecule has 0 saturated heterocycles. The van der Waals surface area contributed by atoms with Crippen molar-refractivity contribution in [3.05, 3.63) is 23.8 Å². The number of hydrogen-bond donors (Lipinski definition) is 3. The third kappa shape index (κ3) is 4.84. The molecule has 2 fully saturated rings. The van der Waals surface area contributed by atoms with Crippen LogP contribution >= 0.6 is 24.0 Å². The van der Waals surface area contributed by atoms with E-state index in [-0.39, 0.29) is 29.7 Å². The van der Waals surface area contributed by atoms with E-state index >= 15 is 0 Å². The van der Waals surface area contributed by atoms with Crippen LogP contribution in [0.3, 0.4) is 0 Å². The highest BCUT2D eigenvalue weighted by Gasteiger charge is 2.59. The van der Waals surface area contributed by atoms with E-state index in [1.165, 1.54) is 19.3 Å². The molecule has 0 heterocycles. The van der Waals surface area contributed by atoms with Crippen molar-refractivity contribution in [2.75, 3.05) is 19.8 Å². The van der Waals surface area contributed by atoms with E-state index in [0.717, 1.165) is 31.1 Å². The minimum absolute atomic E-state index is 0. The van der Waals surface area contributed by atoms with Gasteiger partial charge in [-0.25, -0.2) is 4.99 Å². The zero-order valence-electron chi connectivity index (χ0n) is 17.2. The summed E-state index contributed by atoms with van der Waals surface area (Å²) in [6.45, 7) is 8.72. The Labute approximate surface area is 185 Å². The van der Waals surface area contributed by atoms with Gasteiger partial charge in [0.1, 0.15) is 0 Å². The number of nitrogens with zero attached hydrogens (tertiary/aromatic N) is 1. The van der Waals surface area contributed by atoms with Crippen LogP contribution in [-0.2, 0) is 11.3 Å². The topological polar surface area (TPSA) is 75.1 Å². The van der Waals surface area contributed by atoms with Gasteiger partial charge in [-0.1, -0.05) is 12.5 Å². The predicted molar refractivity (Wildman–Crippen MR) is 123 cm³/mol. The number of benzene rings is 1. The zero-order chi connectivity index (χ0) is 19.3. The molecule has 0 amide bonds. The molecule has 2 unspecified atom stereocenters. The number of aromatic hydroxyl groups is 1. The fourth-order valence-electron chi connectivity index (χ4n) is 4.22. The number of halogens is 1. The molecule has 1 aromatic carbocycles. The van der Waals surface area contributed by atoms with Gasteiger partial charge in [-0.15, -0.1) is 24.0 Å². The molecule has 3 rings (SSSR count). The van der Waals surface area contributed by atoms with Gasteiger partial charge in [0.15, 0.2) is 17.5 Å². The van der Waals surface area contributed by atoms with Crippen molar-refractivity contribution in [3.63, 3.8) is 0 Å². The number of hydrogen-bond acceptors (Lipinski definition) is 4. The Morgan fingerprint density at radius 2 is 2.04 bits per heavy atom. The molecule has 0 aliphatic heterocycles. The molecule has 2 aliphatic rings. The van der Waals surface area contributed by atoms with Gasteiger partial charge in [0, 0.05) is 24.6 Å². The Morgan fingerprint density at radius 1 is 1.25 bits per heavy atom. The van der Waals surface area contributed by atoms with E-state index in [1.54, 1.807) is 6.07 Å². The van der Waals surface area contributed by atoms with Crippen LogP contribution in [0.4, 0.5) is 0 Å². The van der Waals surface area contributed by atoms with Crippen molar-refractivity contribution in [2.45, 2.75) is 65.1 Å². The Hall–Kier alpha value is -1.22. The second-order valence-corrected chi connectivity index (χ2v) is 7.39. The molecule has 0 aromatic heterocycles. The molecular formula is C21H34IN3O3. The Morgan fingerprint density at radius 3 is 2.64 bits per heavy atom. The highest BCUT2D eigenvalue weighted by Crippen LogP contribution is 2.57. The molecule has 1 spiro atoms. The summed E-state index contributed by atoms with van der Waals surface area (Å²) in [5.41, 5.74) is 1.31. The molecule has 28 heavy (non-hydrogen) atoms. The van der Waals surface area contributed by atoms with Crippen molar-refractivity contribution in [3.8, 4) is 11.5 Å². The number of phenols is 1. The van der Waals surface area contributed by atoms with E-state index in [2.05, 4.69) is 24.5 Å². The molecule has 0 radical (unpaired) electrons. The van der Waals surface area contributed by atoms with Gasteiger partial charge in [0.25, 0.3) is 0 Å². The molecule has 0 bridgehead atoms. The first kappa shape index (κ1) is 23.1. The van der Waals surface area contributed by atoms with E-state index in [0.29, 0.717) is 36.5 Å². The maximum absolute atomic E-state index is 9.85. The summed E-state index contributed by atoms with van der Waals surface area (Å²) in [5.74, 6) is 1.52. The standard InChI is InChI=1S/C21H33N3O3.HI/c1-4-22-20(23-14-15-8-9-16(25)17(12-15)26-5-2)24-18-13-19(27-6-3)21(18)10-7-11-21;/h8-9,12,18-19,25H,4-7,10-11,13-14H2,1-3H3,(H2,22,23,24);1H. The lowest BCUT2D eigenvalue weighted by Gasteiger charge is -2.61. The highest BCUT2D eigenvalue weighted by atomic mass is 127. The molecule has 7 heteroatoms. The van der Waals surface area contributed by atoms with Crippen LogP contribution in [0, 0.1) is 5.41 Å². The molecular weight excluding hydrogens is 469 g/mol. The van der Waals surface area contributed by atoms with Gasteiger partial charge < -0.3 is 25.2 Å². The van der Waals surface area contributed by atoms with E-state index in [9.17, 15) is 5.11 Å². The minimum Gasteiger partial charge on any atom is -0.504 e. The number of nitrogens with one attached hydrogen (secondary N) is 2. The summed E-state index contributed by atoms with van der Waals surface area (Å²) in [7, 11) is 0. The number of phenolic OH excluding ortho intramolecular Hbond substituents is 1. The third-order valence-corrected chi connectivity index (χ3v) is 5.84. The van der Waals surface area contributed by atoms with Crippen LogP contribution in [0.5, 0.6) is 11.5 Å². The van der Waals surface area contributed by atoms with Crippen LogP contribution in [0.1, 0.15) is 52.0 Å². The van der Waals surface area contributed by atoms with Crippen molar-refractivity contribution >= 4 is 29.9 Å². The van der Waals surface area contributed by atoms with Crippen molar-refractivity contribution in [2.24, 2.45) is 10.4 Å². The minimum atomic E-state index is 0. The third-order valence-electron chi connectivity index (χ3n) is 5.84. The van der Waals surface area contributed by atoms with Crippen molar-refractivity contribution in [1.29, 1.82) is 0 Å². The zero-order valence-corrected chi connectivity index (χ0v) is 19.5. The highest BCUT2D eigenvalue weighted by molar-refractivity contribution is 14.0. The monoisotopic (exact) mass is 503 g/mol. The van der Waals surface area contributed by atoms with Gasteiger partial charge in [-0.05, 0) is 57.7 Å². The fourth-order valence-corrected chi connectivity index (χ4v) is 4.22. The fraction of sp³-hybridized carbons (Fsp3) is 0.667. The Balaban J connectivity index is 0.00000280. The molecule has 2 saturated carbocycles. The number of rotatable bonds is 8. The van der Waals surface area contributed by atoms with Crippen molar-refractivity contribution < 1.29 is 14.6 Å². The van der Waals surface area contributed by atoms with Crippen LogP contribution < -0.4 is 15.4 Å². The van der Waals surface area contributed by atoms with E-state index in [4.69, 9.17) is 14.5 Å². The number of aliphatic imine (C=N–C) groups is 1. The largest absolute Gasteiger partial charge is 0.504 e. The van der Waals surface area contributed by atoms with E-state index in [1.807, 2.05) is 19.1 Å². The lowest BCUT2D eigenvalue weighted by molar-refractivity contribution is -0.168. The molecule has 2 aliphatic carbocycles. The smallest absolute Gasteiger partial charge is 0.191 e. The van der Waals surface area contributed by atoms with Gasteiger partial charge in [0.05, 0.1) is 19.3 Å². The summed E-state index contributed by atoms with van der Waals surface area (Å²) >= 11 is 0. The van der Waals surface area contributed by atoms with Crippen LogP contribution in [0.15, 0.2) is 23.2 Å². The van der Waals surface area contributed by atoms with Crippen LogP contribution in [0.25, 0.3) is 0 Å². The van der Waals surface area contributed by atoms with Gasteiger partial charge >= 0.3 is 0 Å². The summed E-state index contributed by atoms with van der Waals surface area (Å²) in [4.78, 5) is 4.75. The molecule has 1 aromatic rings. The van der Waals surface area contributed by atoms with Gasteiger partial charge in [-0.2, -0.15) is 0 Å². The summed E-state index contributed by atoms with van der Waals surface area (Å²) in [6, 6.07) is 5.83. The maximum atomic E-state index is 9.85. The Kier molecular flexibility index (Phi) is 8.67. The summed E-state index contributed by atoms with van der Waals surface area (Å²) < 4.78 is 11.4. The SMILES string of the molecule is CCNC(=NCc1ccc(O)c(OCC)c1)NC1CC(OCC)C12CCC2.I. The normalized spacial score (nSPS) is 22.6. The van der Waals surface area contributed by atoms with Crippen LogP contribution in [0.2, 0.25) is 0 Å². The van der Waals surface area contributed by atoms with Crippen molar-refractivity contribution in [1.82, 2.24) is 10.6 Å². The number of ether oxygens (including phenoxy) is 2. The molecule has 2 atom stereocenters. The number of guanidine groups is 1. The average molecular weight is 503 g/mol. The molecule has 6 nitrogen and oxygen atoms in total. The first-order valence-electron chi connectivity index (χ1n) is 10.2. The molecule has 3 N–H and O–H groups in total. The second-order valence-electron chi connectivity index (χ2n) is 7.39. The first-order valence-corrected chi connectivity index (χ1v) is 10.2. The summed E-state index contributed by atoms with van der Waals surface area (Å²) in [6.07, 6.45) is 5.21. The van der Waals surface area contributed by atoms with Gasteiger partial charge in [-0.3, -0.25) is 0 Å². The lowest BCUT2D eigenvalue weighted by atomic mass is 9.51. The van der Waals surface area contributed by atoms with Gasteiger partial charge in [0.2, 0.25) is 0 Å². The lowest BCUT2D eigenvalue weighted by Crippen LogP contribution is -2.68. The average Bonchev–Trinajstić information content (AvgIpc) is 2.60. The maximum Gasteiger partial charge on any atom is 0.191 e. The Bertz CT molecular complexity index is 664. The predicted octanol–water partition coefficient (Wildman–Crippen LogP) is 3.81. The van der Waals surface area contributed by atoms with E-state index < -0.39 is 0 Å². The molecule has 158 valence electrons.